The summed E-state index contributed by atoms with van der Waals surface area (Å²) >= 11 is 4.49. The number of hydrogen-bond donors (Lipinski definition) is 1. The summed E-state index contributed by atoms with van der Waals surface area (Å²) in [5, 5.41) is 9.24. The lowest BCUT2D eigenvalue weighted by Crippen LogP contribution is -2.04. The van der Waals surface area contributed by atoms with Gasteiger partial charge < -0.3 is 5.11 Å². The molecule has 0 aliphatic heterocycles. The fourth-order valence-electron chi connectivity index (χ4n) is 2.13. The van der Waals surface area contributed by atoms with Gasteiger partial charge in [0.2, 0.25) is 0 Å². The lowest BCUT2D eigenvalue weighted by Gasteiger charge is -2.12. The SMILES string of the molecule is CSc1sc(C(=O)O)c2c1-c1sncc1CC2. The van der Waals surface area contributed by atoms with Gasteiger partial charge in [0.15, 0.2) is 0 Å². The molecule has 1 aliphatic rings. The molecule has 88 valence electrons. The van der Waals surface area contributed by atoms with Gasteiger partial charge in [0.05, 0.1) is 9.09 Å². The first-order chi connectivity index (χ1) is 8.22. The van der Waals surface area contributed by atoms with E-state index in [4.69, 9.17) is 0 Å². The van der Waals surface area contributed by atoms with Crippen LogP contribution in [0.15, 0.2) is 10.4 Å². The number of aromatic nitrogens is 1. The highest BCUT2D eigenvalue weighted by molar-refractivity contribution is 8.00. The molecule has 0 fully saturated rings. The van der Waals surface area contributed by atoms with Gasteiger partial charge in [-0.1, -0.05) is 0 Å². The zero-order valence-corrected chi connectivity index (χ0v) is 11.5. The molecule has 1 aliphatic carbocycles. The average Bonchev–Trinajstić information content (AvgIpc) is 2.91. The molecule has 0 spiro atoms. The number of carboxylic acid groups (broad SMARTS) is 1. The third-order valence-corrected chi connectivity index (χ3v) is 6.07. The van der Waals surface area contributed by atoms with Crippen molar-refractivity contribution in [3.8, 4) is 10.4 Å². The molecule has 0 bridgehead atoms. The van der Waals surface area contributed by atoms with Crippen LogP contribution in [0.2, 0.25) is 0 Å². The number of nitrogens with zero attached hydrogens (tertiary/aromatic N) is 1. The van der Waals surface area contributed by atoms with Crippen LogP contribution in [0.5, 0.6) is 0 Å². The number of rotatable bonds is 2. The van der Waals surface area contributed by atoms with Crippen molar-refractivity contribution in [1.82, 2.24) is 4.37 Å². The molecule has 0 aromatic carbocycles. The normalized spacial score (nSPS) is 13.2. The van der Waals surface area contributed by atoms with Gasteiger partial charge in [0.25, 0.3) is 0 Å². The van der Waals surface area contributed by atoms with Crippen molar-refractivity contribution in [2.24, 2.45) is 0 Å². The third kappa shape index (κ3) is 1.63. The molecule has 0 radical (unpaired) electrons. The summed E-state index contributed by atoms with van der Waals surface area (Å²) in [6, 6.07) is 0. The molecule has 17 heavy (non-hydrogen) atoms. The van der Waals surface area contributed by atoms with E-state index in [1.807, 2.05) is 12.5 Å². The van der Waals surface area contributed by atoms with E-state index < -0.39 is 5.97 Å². The Morgan fingerprint density at radius 1 is 1.53 bits per heavy atom. The highest BCUT2D eigenvalue weighted by Gasteiger charge is 2.28. The summed E-state index contributed by atoms with van der Waals surface area (Å²) in [7, 11) is 0. The van der Waals surface area contributed by atoms with Crippen LogP contribution < -0.4 is 0 Å². The molecule has 0 saturated carbocycles. The molecule has 3 rings (SSSR count). The minimum atomic E-state index is -0.806. The number of aryl methyl sites for hydroxylation is 1. The van der Waals surface area contributed by atoms with E-state index in [1.165, 1.54) is 33.3 Å². The molecule has 2 heterocycles. The summed E-state index contributed by atoms with van der Waals surface area (Å²) in [6.45, 7) is 0. The Hall–Kier alpha value is -0.850. The molecule has 2 aromatic heterocycles. The Kier molecular flexibility index (Phi) is 2.72. The van der Waals surface area contributed by atoms with Crippen molar-refractivity contribution in [1.29, 1.82) is 0 Å². The number of fused-ring (bicyclic) bond motifs is 3. The lowest BCUT2D eigenvalue weighted by atomic mass is 9.94. The van der Waals surface area contributed by atoms with E-state index in [9.17, 15) is 9.90 Å². The van der Waals surface area contributed by atoms with Gasteiger partial charge in [-0.15, -0.1) is 23.1 Å². The Bertz CT molecular complexity index is 600. The third-order valence-electron chi connectivity index (χ3n) is 2.87. The summed E-state index contributed by atoms with van der Waals surface area (Å²) in [5.41, 5.74) is 3.39. The average molecular weight is 283 g/mol. The smallest absolute Gasteiger partial charge is 0.346 e. The Labute approximate surface area is 111 Å². The monoisotopic (exact) mass is 283 g/mol. The van der Waals surface area contributed by atoms with E-state index in [-0.39, 0.29) is 0 Å². The first-order valence-electron chi connectivity index (χ1n) is 5.09. The maximum Gasteiger partial charge on any atom is 0.346 e. The summed E-state index contributed by atoms with van der Waals surface area (Å²) in [4.78, 5) is 12.9. The number of carboxylic acids is 1. The predicted octanol–water partition coefficient (Wildman–Crippen LogP) is 3.39. The second-order valence-electron chi connectivity index (χ2n) is 3.76. The highest BCUT2D eigenvalue weighted by atomic mass is 32.2. The molecule has 0 unspecified atom stereocenters. The maximum absolute atomic E-state index is 11.2. The first kappa shape index (κ1) is 11.3. The summed E-state index contributed by atoms with van der Waals surface area (Å²) in [5.74, 6) is -0.806. The molecule has 6 heteroatoms. The van der Waals surface area contributed by atoms with Crippen molar-refractivity contribution in [2.75, 3.05) is 6.26 Å². The van der Waals surface area contributed by atoms with Gasteiger partial charge in [-0.25, -0.2) is 9.17 Å². The van der Waals surface area contributed by atoms with Gasteiger partial charge in [0.1, 0.15) is 4.88 Å². The van der Waals surface area contributed by atoms with E-state index in [1.54, 1.807) is 11.8 Å². The quantitative estimate of drug-likeness (QED) is 0.858. The maximum atomic E-state index is 11.2. The van der Waals surface area contributed by atoms with Crippen molar-refractivity contribution in [2.45, 2.75) is 17.1 Å². The van der Waals surface area contributed by atoms with Gasteiger partial charge in [0, 0.05) is 11.8 Å². The van der Waals surface area contributed by atoms with Gasteiger partial charge in [-0.2, -0.15) is 0 Å². The van der Waals surface area contributed by atoms with E-state index in [0.29, 0.717) is 4.88 Å². The summed E-state index contributed by atoms with van der Waals surface area (Å²) in [6.07, 6.45) is 5.63. The zero-order valence-electron chi connectivity index (χ0n) is 9.02. The highest BCUT2D eigenvalue weighted by Crippen LogP contribution is 2.47. The number of aromatic carboxylic acids is 1. The number of carbonyl (C=O) groups is 1. The molecule has 0 saturated heterocycles. The van der Waals surface area contributed by atoms with Crippen LogP contribution in [0.4, 0.5) is 0 Å². The van der Waals surface area contributed by atoms with Crippen LogP contribution in [-0.4, -0.2) is 21.7 Å². The minimum absolute atomic E-state index is 0.503. The van der Waals surface area contributed by atoms with E-state index >= 15 is 0 Å². The summed E-state index contributed by atoms with van der Waals surface area (Å²) < 4.78 is 5.32. The molecule has 0 amide bonds. The molecular formula is C11H9NO2S3. The van der Waals surface area contributed by atoms with Crippen molar-refractivity contribution in [3.05, 3.63) is 22.2 Å². The minimum Gasteiger partial charge on any atom is -0.477 e. The first-order valence-corrected chi connectivity index (χ1v) is 7.90. The Balaban J connectivity index is 2.29. The molecule has 1 N–H and O–H groups in total. The van der Waals surface area contributed by atoms with Crippen LogP contribution in [0.25, 0.3) is 10.4 Å². The zero-order chi connectivity index (χ0) is 12.0. The topological polar surface area (TPSA) is 50.2 Å². The van der Waals surface area contributed by atoms with Crippen molar-refractivity contribution >= 4 is 40.6 Å². The number of thioether (sulfide) groups is 1. The van der Waals surface area contributed by atoms with E-state index in [0.717, 1.165) is 28.2 Å². The standard InChI is InChI=1S/C11H9NO2S3/c1-15-11-7-6(9(16-11)10(13)14)3-2-5-4-12-17-8(5)7/h4H,2-3H2,1H3,(H,13,14). The molecule has 2 aromatic rings. The molecule has 3 nitrogen and oxygen atoms in total. The number of thiophene rings is 1. The van der Waals surface area contributed by atoms with Gasteiger partial charge in [-0.3, -0.25) is 0 Å². The lowest BCUT2D eigenvalue weighted by molar-refractivity contribution is 0.0701. The van der Waals surface area contributed by atoms with Crippen molar-refractivity contribution < 1.29 is 9.90 Å². The molecule has 0 atom stereocenters. The van der Waals surface area contributed by atoms with Gasteiger partial charge >= 0.3 is 5.97 Å². The van der Waals surface area contributed by atoms with Crippen molar-refractivity contribution in [3.63, 3.8) is 0 Å². The van der Waals surface area contributed by atoms with Gasteiger partial charge in [-0.05, 0) is 41.8 Å². The van der Waals surface area contributed by atoms with Crippen LogP contribution in [0.1, 0.15) is 20.8 Å². The largest absolute Gasteiger partial charge is 0.477 e. The van der Waals surface area contributed by atoms with Crippen LogP contribution in [-0.2, 0) is 12.8 Å². The van der Waals surface area contributed by atoms with Crippen LogP contribution in [0.3, 0.4) is 0 Å². The predicted molar refractivity (Wildman–Crippen MR) is 71.6 cm³/mol. The number of hydrogen-bond acceptors (Lipinski definition) is 5. The van der Waals surface area contributed by atoms with E-state index in [2.05, 4.69) is 4.37 Å². The van der Waals surface area contributed by atoms with Crippen LogP contribution >= 0.6 is 34.6 Å². The Morgan fingerprint density at radius 2 is 2.35 bits per heavy atom. The fraction of sp³-hybridized carbons (Fsp3) is 0.273. The molecular weight excluding hydrogens is 274 g/mol. The van der Waals surface area contributed by atoms with Crippen LogP contribution in [0, 0.1) is 0 Å². The Morgan fingerprint density at radius 3 is 3.06 bits per heavy atom. The second kappa shape index (κ2) is 4.12. The fourth-order valence-corrected chi connectivity index (χ4v) is 5.07. The second-order valence-corrected chi connectivity index (χ2v) is 6.66.